The molecule has 11 heteroatoms. The van der Waals surface area contributed by atoms with E-state index in [0.29, 0.717) is 51.3 Å². The molecule has 4 aromatic rings. The van der Waals surface area contributed by atoms with Gasteiger partial charge in [-0.2, -0.15) is 0 Å². The lowest BCUT2D eigenvalue weighted by Gasteiger charge is -2.37. The fourth-order valence-electron chi connectivity index (χ4n) is 6.02. The van der Waals surface area contributed by atoms with E-state index in [1.54, 1.807) is 24.3 Å². The van der Waals surface area contributed by atoms with E-state index in [1.165, 1.54) is 12.1 Å². The number of rotatable bonds is 8. The molecule has 1 aliphatic carbocycles. The number of aromatic carboxylic acids is 1. The van der Waals surface area contributed by atoms with Crippen molar-refractivity contribution in [2.24, 2.45) is 0 Å². The van der Waals surface area contributed by atoms with Crippen molar-refractivity contribution >= 4 is 35.2 Å². The van der Waals surface area contributed by atoms with Gasteiger partial charge < -0.3 is 23.7 Å². The second kappa shape index (κ2) is 10.2. The fourth-order valence-corrected chi connectivity index (χ4v) is 6.59. The minimum atomic E-state index is -0.976. The standard InChI is InChI=1S/C29H26Cl2N4O5/c30-22-2-1-3-23(31)24(22)25-21(26(40-34-25)15-4-5-15)14-38-20-12-18-10-11-19(13-20)35(18)29-33-32-27(39-29)16-6-8-17(9-7-16)28(36)37/h1-3,6-9,15,18-20H,4-5,10-14H2,(H,36,37)/t18-,19+,20+. The number of hydrogen-bond acceptors (Lipinski definition) is 8. The number of fused-ring (bicyclic) bond motifs is 2. The average molecular weight is 581 g/mol. The number of aromatic nitrogens is 3. The summed E-state index contributed by atoms with van der Waals surface area (Å²) in [4.78, 5) is 13.4. The van der Waals surface area contributed by atoms with E-state index < -0.39 is 5.97 Å². The molecule has 1 N–H and O–H groups in total. The van der Waals surface area contributed by atoms with E-state index in [-0.39, 0.29) is 23.8 Å². The molecule has 7 rings (SSSR count). The van der Waals surface area contributed by atoms with Crippen molar-refractivity contribution in [2.75, 3.05) is 4.90 Å². The predicted octanol–water partition coefficient (Wildman–Crippen LogP) is 6.99. The van der Waals surface area contributed by atoms with Gasteiger partial charge in [0.2, 0.25) is 5.89 Å². The molecule has 3 fully saturated rings. The normalized spacial score (nSPS) is 22.1. The minimum Gasteiger partial charge on any atom is -0.478 e. The van der Waals surface area contributed by atoms with Gasteiger partial charge in [0.25, 0.3) is 0 Å². The number of ether oxygens (including phenoxy) is 1. The molecule has 2 saturated heterocycles. The topological polar surface area (TPSA) is 115 Å². The van der Waals surface area contributed by atoms with Crippen molar-refractivity contribution in [1.82, 2.24) is 15.4 Å². The zero-order chi connectivity index (χ0) is 27.4. The summed E-state index contributed by atoms with van der Waals surface area (Å²) in [5.41, 5.74) is 3.17. The third-order valence-corrected chi connectivity index (χ3v) is 8.76. The van der Waals surface area contributed by atoms with Crippen molar-refractivity contribution in [3.63, 3.8) is 0 Å². The molecule has 0 amide bonds. The van der Waals surface area contributed by atoms with Crippen LogP contribution >= 0.6 is 23.2 Å². The first-order chi connectivity index (χ1) is 19.5. The lowest BCUT2D eigenvalue weighted by molar-refractivity contribution is 0.0139. The van der Waals surface area contributed by atoms with E-state index in [1.807, 2.05) is 6.07 Å². The Balaban J connectivity index is 1.06. The summed E-state index contributed by atoms with van der Waals surface area (Å²) in [7, 11) is 0. The quantitative estimate of drug-likeness (QED) is 0.235. The maximum atomic E-state index is 11.1. The van der Waals surface area contributed by atoms with Gasteiger partial charge in [0.15, 0.2) is 0 Å². The molecular formula is C29H26Cl2N4O5. The Morgan fingerprint density at radius 2 is 1.70 bits per heavy atom. The van der Waals surface area contributed by atoms with Gasteiger partial charge in [0.05, 0.1) is 28.3 Å². The van der Waals surface area contributed by atoms with Gasteiger partial charge in [-0.3, -0.25) is 0 Å². The maximum Gasteiger partial charge on any atom is 0.335 e. The monoisotopic (exact) mass is 580 g/mol. The molecular weight excluding hydrogens is 555 g/mol. The second-order valence-corrected chi connectivity index (χ2v) is 11.5. The van der Waals surface area contributed by atoms with Crippen molar-refractivity contribution in [2.45, 2.75) is 69.2 Å². The van der Waals surface area contributed by atoms with Crippen LogP contribution in [-0.4, -0.2) is 44.6 Å². The highest BCUT2D eigenvalue weighted by atomic mass is 35.5. The van der Waals surface area contributed by atoms with Crippen molar-refractivity contribution in [3.8, 4) is 22.7 Å². The SMILES string of the molecule is O=C(O)c1ccc(-c2nnc(N3[C@@H]4CC[C@H]3C[C@@H](OCc3c(-c5c(Cl)cccc5Cl)noc3C3CC3)C4)o2)cc1. The Labute approximate surface area is 240 Å². The molecule has 2 aromatic heterocycles. The number of benzene rings is 2. The number of hydrogen-bond donors (Lipinski definition) is 1. The number of carboxylic acid groups (broad SMARTS) is 1. The van der Waals surface area contributed by atoms with E-state index in [9.17, 15) is 4.79 Å². The molecule has 0 unspecified atom stereocenters. The maximum absolute atomic E-state index is 11.1. The summed E-state index contributed by atoms with van der Waals surface area (Å²) in [6, 6.07) is 12.8. The molecule has 206 valence electrons. The van der Waals surface area contributed by atoms with Crippen molar-refractivity contribution in [1.29, 1.82) is 0 Å². The summed E-state index contributed by atoms with van der Waals surface area (Å²) in [6.07, 6.45) is 5.96. The van der Waals surface area contributed by atoms with E-state index in [2.05, 4.69) is 20.3 Å². The highest BCUT2D eigenvalue weighted by molar-refractivity contribution is 6.39. The third kappa shape index (κ3) is 4.66. The summed E-state index contributed by atoms with van der Waals surface area (Å²) in [5, 5.41) is 23.2. The van der Waals surface area contributed by atoms with Gasteiger partial charge in [0, 0.05) is 34.7 Å². The number of nitrogens with zero attached hydrogens (tertiary/aromatic N) is 4. The molecule has 2 aromatic carbocycles. The van der Waals surface area contributed by atoms with Crippen LogP contribution in [0.2, 0.25) is 10.0 Å². The molecule has 0 radical (unpaired) electrons. The Kier molecular flexibility index (Phi) is 6.53. The zero-order valence-electron chi connectivity index (χ0n) is 21.4. The van der Waals surface area contributed by atoms with Crippen LogP contribution in [0.5, 0.6) is 0 Å². The van der Waals surface area contributed by atoms with Crippen LogP contribution in [0.25, 0.3) is 22.7 Å². The minimum absolute atomic E-state index is 0.0659. The largest absolute Gasteiger partial charge is 0.478 e. The first kappa shape index (κ1) is 25.6. The molecule has 9 nitrogen and oxygen atoms in total. The van der Waals surface area contributed by atoms with E-state index in [4.69, 9.17) is 42.0 Å². The Morgan fingerprint density at radius 1 is 1.00 bits per heavy atom. The van der Waals surface area contributed by atoms with Gasteiger partial charge in [-0.15, -0.1) is 5.10 Å². The summed E-state index contributed by atoms with van der Waals surface area (Å²) in [5.74, 6) is 0.638. The molecule has 3 atom stereocenters. The number of halogens is 2. The summed E-state index contributed by atoms with van der Waals surface area (Å²) < 4.78 is 18.4. The molecule has 2 aliphatic heterocycles. The van der Waals surface area contributed by atoms with Crippen molar-refractivity contribution in [3.05, 3.63) is 69.4 Å². The van der Waals surface area contributed by atoms with E-state index in [0.717, 1.165) is 49.8 Å². The lowest BCUT2D eigenvalue weighted by Crippen LogP contribution is -2.45. The van der Waals surface area contributed by atoms with Crippen LogP contribution in [0.1, 0.15) is 66.1 Å². The van der Waals surface area contributed by atoms with Crippen LogP contribution in [0.4, 0.5) is 6.01 Å². The molecule has 3 aliphatic rings. The smallest absolute Gasteiger partial charge is 0.335 e. The Bertz CT molecular complexity index is 1530. The highest BCUT2D eigenvalue weighted by Gasteiger charge is 2.44. The van der Waals surface area contributed by atoms with Gasteiger partial charge in [-0.1, -0.05) is 39.5 Å². The van der Waals surface area contributed by atoms with Crippen LogP contribution in [-0.2, 0) is 11.3 Å². The summed E-state index contributed by atoms with van der Waals surface area (Å²) in [6.45, 7) is 0.382. The molecule has 40 heavy (non-hydrogen) atoms. The lowest BCUT2D eigenvalue weighted by atomic mass is 10.00. The Hall–Kier alpha value is -3.40. The second-order valence-electron chi connectivity index (χ2n) is 10.7. The molecule has 2 bridgehead atoms. The van der Waals surface area contributed by atoms with Gasteiger partial charge in [0.1, 0.15) is 11.5 Å². The fraction of sp³-hybridized carbons (Fsp3) is 0.379. The third-order valence-electron chi connectivity index (χ3n) is 8.13. The van der Waals surface area contributed by atoms with Gasteiger partial charge >= 0.3 is 12.0 Å². The van der Waals surface area contributed by atoms with Gasteiger partial charge in [-0.05, 0) is 74.9 Å². The predicted molar refractivity (Wildman–Crippen MR) is 148 cm³/mol. The Morgan fingerprint density at radius 3 is 2.35 bits per heavy atom. The molecule has 1 saturated carbocycles. The van der Waals surface area contributed by atoms with E-state index >= 15 is 0 Å². The number of carboxylic acids is 1. The first-order valence-electron chi connectivity index (χ1n) is 13.5. The van der Waals surface area contributed by atoms with Crippen LogP contribution < -0.4 is 4.90 Å². The average Bonchev–Trinajstić information content (AvgIpc) is 3.42. The number of carbonyl (C=O) groups is 1. The van der Waals surface area contributed by atoms with Crippen LogP contribution in [0.15, 0.2) is 51.4 Å². The van der Waals surface area contributed by atoms with Gasteiger partial charge in [-0.25, -0.2) is 4.79 Å². The number of anilines is 1. The molecule has 4 heterocycles. The number of piperidine rings is 1. The zero-order valence-corrected chi connectivity index (χ0v) is 22.9. The highest BCUT2D eigenvalue weighted by Crippen LogP contribution is 2.47. The molecule has 0 spiro atoms. The summed E-state index contributed by atoms with van der Waals surface area (Å²) >= 11 is 13.0. The van der Waals surface area contributed by atoms with Crippen LogP contribution in [0.3, 0.4) is 0 Å². The first-order valence-corrected chi connectivity index (χ1v) is 14.2. The van der Waals surface area contributed by atoms with Crippen molar-refractivity contribution < 1.29 is 23.6 Å². The van der Waals surface area contributed by atoms with Crippen LogP contribution in [0, 0.1) is 0 Å².